The van der Waals surface area contributed by atoms with Crippen molar-refractivity contribution in [3.8, 4) is 0 Å². The van der Waals surface area contributed by atoms with E-state index in [1.807, 2.05) is 13.2 Å². The predicted molar refractivity (Wildman–Crippen MR) is 72.5 cm³/mol. The first-order chi connectivity index (χ1) is 8.38. The highest BCUT2D eigenvalue weighted by Crippen LogP contribution is 2.34. The summed E-state index contributed by atoms with van der Waals surface area (Å²) in [6.45, 7) is 2.02. The molecule has 18 heavy (non-hydrogen) atoms. The molecule has 0 saturated carbocycles. The van der Waals surface area contributed by atoms with Gasteiger partial charge in [-0.1, -0.05) is 18.5 Å². The van der Waals surface area contributed by atoms with Gasteiger partial charge < -0.3 is 5.32 Å². The Bertz CT molecular complexity index is 395. The van der Waals surface area contributed by atoms with Crippen molar-refractivity contribution in [1.82, 2.24) is 0 Å². The van der Waals surface area contributed by atoms with Gasteiger partial charge in [0, 0.05) is 11.8 Å². The van der Waals surface area contributed by atoms with E-state index in [9.17, 15) is 13.2 Å². The van der Waals surface area contributed by atoms with Crippen LogP contribution >= 0.6 is 23.4 Å². The standard InChI is InChI=1S/C12H15ClF3NS/c1-3-9(7-18-2)17-11-5-4-8(6-10(11)13)12(14,15)16/h4-6,9,17H,3,7H2,1-2H3. The summed E-state index contributed by atoms with van der Waals surface area (Å²) in [5.41, 5.74) is -0.179. The monoisotopic (exact) mass is 297 g/mol. The molecule has 1 rings (SSSR count). The van der Waals surface area contributed by atoms with Gasteiger partial charge in [-0.25, -0.2) is 0 Å². The fourth-order valence-electron chi connectivity index (χ4n) is 1.49. The van der Waals surface area contributed by atoms with E-state index < -0.39 is 11.7 Å². The molecule has 1 N–H and O–H groups in total. The topological polar surface area (TPSA) is 12.0 Å². The lowest BCUT2D eigenvalue weighted by Gasteiger charge is -2.19. The molecule has 0 aliphatic rings. The van der Waals surface area contributed by atoms with Crippen LogP contribution in [0.4, 0.5) is 18.9 Å². The summed E-state index contributed by atoms with van der Waals surface area (Å²) in [6, 6.07) is 3.58. The van der Waals surface area contributed by atoms with Gasteiger partial charge in [-0.3, -0.25) is 0 Å². The number of hydrogen-bond acceptors (Lipinski definition) is 2. The van der Waals surface area contributed by atoms with E-state index >= 15 is 0 Å². The molecule has 0 aliphatic heterocycles. The highest BCUT2D eigenvalue weighted by Gasteiger charge is 2.30. The van der Waals surface area contributed by atoms with Crippen molar-refractivity contribution in [2.75, 3.05) is 17.3 Å². The molecule has 0 fully saturated rings. The van der Waals surface area contributed by atoms with Crippen molar-refractivity contribution in [3.63, 3.8) is 0 Å². The number of anilines is 1. The molecule has 1 unspecified atom stereocenters. The summed E-state index contributed by atoms with van der Waals surface area (Å²) in [6.07, 6.45) is -1.48. The molecular formula is C12H15ClF3NS. The minimum Gasteiger partial charge on any atom is -0.380 e. The first-order valence-electron chi connectivity index (χ1n) is 5.50. The predicted octanol–water partition coefficient (Wildman–Crippen LogP) is 4.91. The molecular weight excluding hydrogens is 283 g/mol. The van der Waals surface area contributed by atoms with Crippen LogP contribution < -0.4 is 5.32 Å². The molecule has 0 radical (unpaired) electrons. The van der Waals surface area contributed by atoms with Crippen molar-refractivity contribution in [2.24, 2.45) is 0 Å². The molecule has 102 valence electrons. The molecule has 0 saturated heterocycles. The molecule has 1 nitrogen and oxygen atoms in total. The molecule has 0 aromatic heterocycles. The summed E-state index contributed by atoms with van der Waals surface area (Å²) in [4.78, 5) is 0. The van der Waals surface area contributed by atoms with Gasteiger partial charge in [0.25, 0.3) is 0 Å². The molecule has 1 aromatic carbocycles. The van der Waals surface area contributed by atoms with Crippen LogP contribution in [0.1, 0.15) is 18.9 Å². The fraction of sp³-hybridized carbons (Fsp3) is 0.500. The third-order valence-electron chi connectivity index (χ3n) is 2.52. The second kappa shape index (κ2) is 6.57. The largest absolute Gasteiger partial charge is 0.416 e. The Balaban J connectivity index is 2.85. The Hall–Kier alpha value is -0.550. The summed E-state index contributed by atoms with van der Waals surface area (Å²) in [5, 5.41) is 3.26. The van der Waals surface area contributed by atoms with Gasteiger partial charge in [0.1, 0.15) is 0 Å². The number of rotatable bonds is 5. The number of nitrogens with one attached hydrogen (secondary N) is 1. The molecule has 0 amide bonds. The average molecular weight is 298 g/mol. The van der Waals surface area contributed by atoms with Crippen molar-refractivity contribution in [3.05, 3.63) is 28.8 Å². The molecule has 0 bridgehead atoms. The lowest BCUT2D eigenvalue weighted by atomic mass is 10.1. The number of halogens is 4. The van der Waals surface area contributed by atoms with Gasteiger partial charge in [0.15, 0.2) is 0 Å². The van der Waals surface area contributed by atoms with Crippen LogP contribution in [0.2, 0.25) is 5.02 Å². The Morgan fingerprint density at radius 2 is 2.06 bits per heavy atom. The number of benzene rings is 1. The van der Waals surface area contributed by atoms with Crippen LogP contribution in [-0.4, -0.2) is 18.1 Å². The van der Waals surface area contributed by atoms with Gasteiger partial charge in [0.05, 0.1) is 16.3 Å². The maximum atomic E-state index is 12.5. The third-order valence-corrected chi connectivity index (χ3v) is 3.57. The van der Waals surface area contributed by atoms with Crippen LogP contribution in [0.25, 0.3) is 0 Å². The molecule has 6 heteroatoms. The second-order valence-corrected chi connectivity index (χ2v) is 5.22. The van der Waals surface area contributed by atoms with Crippen LogP contribution in [0.5, 0.6) is 0 Å². The number of alkyl halides is 3. The Morgan fingerprint density at radius 3 is 2.50 bits per heavy atom. The van der Waals surface area contributed by atoms with Crippen molar-refractivity contribution >= 4 is 29.1 Å². The van der Waals surface area contributed by atoms with Crippen LogP contribution in [0, 0.1) is 0 Å². The lowest BCUT2D eigenvalue weighted by Crippen LogP contribution is -2.21. The number of thioether (sulfide) groups is 1. The van der Waals surface area contributed by atoms with E-state index in [4.69, 9.17) is 11.6 Å². The second-order valence-electron chi connectivity index (χ2n) is 3.90. The first-order valence-corrected chi connectivity index (χ1v) is 7.27. The van der Waals surface area contributed by atoms with Crippen molar-refractivity contribution in [2.45, 2.75) is 25.6 Å². The Kier molecular flexibility index (Phi) is 5.66. The van der Waals surface area contributed by atoms with Crippen LogP contribution in [0.15, 0.2) is 18.2 Å². The lowest BCUT2D eigenvalue weighted by molar-refractivity contribution is -0.137. The quantitative estimate of drug-likeness (QED) is 0.828. The van der Waals surface area contributed by atoms with E-state index in [1.54, 1.807) is 11.8 Å². The Morgan fingerprint density at radius 1 is 1.39 bits per heavy atom. The number of hydrogen-bond donors (Lipinski definition) is 1. The molecule has 0 aliphatic carbocycles. The van der Waals surface area contributed by atoms with E-state index in [-0.39, 0.29) is 11.1 Å². The molecule has 0 heterocycles. The molecule has 0 spiro atoms. The molecule has 1 aromatic rings. The Labute approximate surface area is 114 Å². The first kappa shape index (κ1) is 15.5. The maximum absolute atomic E-state index is 12.5. The van der Waals surface area contributed by atoms with Crippen LogP contribution in [0.3, 0.4) is 0 Å². The van der Waals surface area contributed by atoms with Crippen molar-refractivity contribution < 1.29 is 13.2 Å². The van der Waals surface area contributed by atoms with Gasteiger partial charge in [-0.05, 0) is 30.9 Å². The van der Waals surface area contributed by atoms with Gasteiger partial charge in [0.2, 0.25) is 0 Å². The summed E-state index contributed by atoms with van der Waals surface area (Å²) < 4.78 is 37.4. The maximum Gasteiger partial charge on any atom is 0.416 e. The fourth-order valence-corrected chi connectivity index (χ4v) is 2.45. The summed E-state index contributed by atoms with van der Waals surface area (Å²) in [5.74, 6) is 0.883. The average Bonchev–Trinajstić information content (AvgIpc) is 2.29. The van der Waals surface area contributed by atoms with Crippen molar-refractivity contribution in [1.29, 1.82) is 0 Å². The van der Waals surface area contributed by atoms with E-state index in [0.29, 0.717) is 5.69 Å². The highest BCUT2D eigenvalue weighted by atomic mass is 35.5. The minimum atomic E-state index is -4.36. The summed E-state index contributed by atoms with van der Waals surface area (Å²) >= 11 is 7.55. The SMILES string of the molecule is CCC(CSC)Nc1ccc(C(F)(F)F)cc1Cl. The normalized spacial score (nSPS) is 13.4. The van der Waals surface area contributed by atoms with Crippen LogP contribution in [-0.2, 0) is 6.18 Å². The minimum absolute atomic E-state index is 0.101. The zero-order valence-corrected chi connectivity index (χ0v) is 11.7. The smallest absolute Gasteiger partial charge is 0.380 e. The zero-order valence-electron chi connectivity index (χ0n) is 10.1. The van der Waals surface area contributed by atoms with Gasteiger partial charge in [-0.15, -0.1) is 0 Å². The third kappa shape index (κ3) is 4.28. The zero-order chi connectivity index (χ0) is 13.8. The highest BCUT2D eigenvalue weighted by molar-refractivity contribution is 7.98. The van der Waals surface area contributed by atoms with E-state index in [1.165, 1.54) is 6.07 Å². The summed E-state index contributed by atoms with van der Waals surface area (Å²) in [7, 11) is 0. The van der Waals surface area contributed by atoms with Gasteiger partial charge >= 0.3 is 6.18 Å². The van der Waals surface area contributed by atoms with E-state index in [0.717, 1.165) is 24.3 Å². The van der Waals surface area contributed by atoms with E-state index in [2.05, 4.69) is 5.32 Å². The van der Waals surface area contributed by atoms with Gasteiger partial charge in [-0.2, -0.15) is 24.9 Å². The molecule has 1 atom stereocenters.